The number of aldehydes is 1. The van der Waals surface area contributed by atoms with Gasteiger partial charge in [-0.15, -0.1) is 0 Å². The summed E-state index contributed by atoms with van der Waals surface area (Å²) in [5, 5.41) is 1.74. The number of carbonyl (C=O) groups is 3. The van der Waals surface area contributed by atoms with E-state index < -0.39 is 17.7 Å². The molecule has 0 amide bonds. The highest BCUT2D eigenvalue weighted by molar-refractivity contribution is 6.22. The number of benzene rings is 2. The predicted octanol–water partition coefficient (Wildman–Crippen LogP) is 1.76. The molecule has 0 saturated carbocycles. The Morgan fingerprint density at radius 2 is 1.72 bits per heavy atom. The second kappa shape index (κ2) is 3.77. The molecule has 2 aromatic rings. The molecule has 0 aliphatic carbocycles. The number of esters is 1. The van der Waals surface area contributed by atoms with Crippen molar-refractivity contribution in [3.05, 3.63) is 42.0 Å². The molecule has 4 heteroatoms. The van der Waals surface area contributed by atoms with Gasteiger partial charge in [-0.2, -0.15) is 0 Å². The number of ketones is 1. The summed E-state index contributed by atoms with van der Waals surface area (Å²) in [5.74, 6) is -2.42. The number of rotatable bonds is 1. The van der Waals surface area contributed by atoms with Crippen molar-refractivity contribution in [1.82, 2.24) is 0 Å². The summed E-state index contributed by atoms with van der Waals surface area (Å²) in [4.78, 5) is 34.2. The fourth-order valence-electron chi connectivity index (χ4n) is 2.06. The van der Waals surface area contributed by atoms with Gasteiger partial charge in [0.15, 0.2) is 11.7 Å². The first kappa shape index (κ1) is 10.7. The van der Waals surface area contributed by atoms with Crippen LogP contribution in [0, 0.1) is 5.92 Å². The molecule has 1 atom stereocenters. The number of hydrogen-bond acceptors (Lipinski definition) is 4. The van der Waals surface area contributed by atoms with Crippen LogP contribution in [0.4, 0.5) is 0 Å². The fourth-order valence-corrected chi connectivity index (χ4v) is 2.06. The minimum Gasteiger partial charge on any atom is -0.425 e. The van der Waals surface area contributed by atoms with E-state index in [-0.39, 0.29) is 11.3 Å². The highest BCUT2D eigenvalue weighted by Crippen LogP contribution is 2.31. The average Bonchev–Trinajstić information content (AvgIpc) is 2.37. The molecule has 1 unspecified atom stereocenters. The van der Waals surface area contributed by atoms with Gasteiger partial charge in [-0.3, -0.25) is 9.59 Å². The van der Waals surface area contributed by atoms with E-state index in [2.05, 4.69) is 0 Å². The van der Waals surface area contributed by atoms with E-state index in [1.807, 2.05) is 24.3 Å². The Balaban J connectivity index is 2.25. The van der Waals surface area contributed by atoms with Gasteiger partial charge in [0, 0.05) is 0 Å². The summed E-state index contributed by atoms with van der Waals surface area (Å²) in [5.41, 5.74) is 0.283. The molecule has 0 saturated heterocycles. The third kappa shape index (κ3) is 1.43. The predicted molar refractivity (Wildman–Crippen MR) is 63.5 cm³/mol. The molecular weight excluding hydrogens is 232 g/mol. The smallest absolute Gasteiger partial charge is 0.329 e. The van der Waals surface area contributed by atoms with Crippen LogP contribution in [0.15, 0.2) is 36.4 Å². The molecule has 0 N–H and O–H groups in total. The van der Waals surface area contributed by atoms with Crippen LogP contribution in [0.3, 0.4) is 0 Å². The number of fused-ring (bicyclic) bond motifs is 2. The molecule has 0 bridgehead atoms. The summed E-state index contributed by atoms with van der Waals surface area (Å²) in [6.45, 7) is 0. The van der Waals surface area contributed by atoms with E-state index in [9.17, 15) is 14.4 Å². The maximum absolute atomic E-state index is 12.0. The molecule has 3 rings (SSSR count). The van der Waals surface area contributed by atoms with Gasteiger partial charge in [-0.1, -0.05) is 24.3 Å². The minimum absolute atomic E-state index is 0.224. The maximum Gasteiger partial charge on any atom is 0.329 e. The molecule has 0 spiro atoms. The molecule has 0 radical (unpaired) electrons. The molecule has 0 aromatic heterocycles. The topological polar surface area (TPSA) is 60.4 Å². The SMILES string of the molecule is O=CC1C(=O)Oc2cc3ccccc3cc2C1=O. The van der Waals surface area contributed by atoms with Crippen LogP contribution in [0.5, 0.6) is 5.75 Å². The summed E-state index contributed by atoms with van der Waals surface area (Å²) in [7, 11) is 0. The molecular formula is C14H8O4. The van der Waals surface area contributed by atoms with Crippen molar-refractivity contribution in [2.75, 3.05) is 0 Å². The first-order valence-corrected chi connectivity index (χ1v) is 5.44. The summed E-state index contributed by atoms with van der Waals surface area (Å²) < 4.78 is 5.02. The lowest BCUT2D eigenvalue weighted by molar-refractivity contribution is -0.139. The van der Waals surface area contributed by atoms with Crippen LogP contribution in [0.25, 0.3) is 10.8 Å². The van der Waals surface area contributed by atoms with E-state index in [1.165, 1.54) is 0 Å². The Hall–Kier alpha value is -2.49. The lowest BCUT2D eigenvalue weighted by atomic mass is 9.93. The molecule has 4 nitrogen and oxygen atoms in total. The molecule has 0 fully saturated rings. The Kier molecular flexibility index (Phi) is 2.23. The van der Waals surface area contributed by atoms with Crippen LogP contribution in [0.1, 0.15) is 10.4 Å². The van der Waals surface area contributed by atoms with E-state index in [0.29, 0.717) is 6.29 Å². The zero-order valence-electron chi connectivity index (χ0n) is 9.25. The highest BCUT2D eigenvalue weighted by atomic mass is 16.5. The second-order valence-corrected chi connectivity index (χ2v) is 4.09. The Morgan fingerprint density at radius 1 is 1.06 bits per heavy atom. The van der Waals surface area contributed by atoms with E-state index in [0.717, 1.165) is 10.8 Å². The molecule has 18 heavy (non-hydrogen) atoms. The first-order valence-electron chi connectivity index (χ1n) is 5.44. The van der Waals surface area contributed by atoms with E-state index >= 15 is 0 Å². The Morgan fingerprint density at radius 3 is 2.39 bits per heavy atom. The highest BCUT2D eigenvalue weighted by Gasteiger charge is 2.36. The van der Waals surface area contributed by atoms with Crippen molar-refractivity contribution in [1.29, 1.82) is 0 Å². The fraction of sp³-hybridized carbons (Fsp3) is 0.0714. The van der Waals surface area contributed by atoms with Gasteiger partial charge in [0.05, 0.1) is 5.56 Å². The van der Waals surface area contributed by atoms with Crippen molar-refractivity contribution in [3.8, 4) is 5.75 Å². The largest absolute Gasteiger partial charge is 0.425 e. The van der Waals surface area contributed by atoms with Gasteiger partial charge in [-0.25, -0.2) is 0 Å². The summed E-state index contributed by atoms with van der Waals surface area (Å²) >= 11 is 0. The van der Waals surface area contributed by atoms with Gasteiger partial charge in [-0.05, 0) is 22.9 Å². The Bertz CT molecular complexity index is 687. The summed E-state index contributed by atoms with van der Waals surface area (Å²) in [6.07, 6.45) is 0.322. The van der Waals surface area contributed by atoms with Crippen molar-refractivity contribution < 1.29 is 19.1 Å². The molecule has 1 aliphatic heterocycles. The normalized spacial score (nSPS) is 18.3. The van der Waals surface area contributed by atoms with Crippen molar-refractivity contribution in [3.63, 3.8) is 0 Å². The van der Waals surface area contributed by atoms with Crippen molar-refractivity contribution >= 4 is 28.8 Å². The number of ether oxygens (including phenoxy) is 1. The Labute approximate surface area is 102 Å². The summed E-state index contributed by atoms with van der Waals surface area (Å²) in [6, 6.07) is 10.7. The lowest BCUT2D eigenvalue weighted by Crippen LogP contribution is -2.34. The quantitative estimate of drug-likeness (QED) is 0.330. The van der Waals surface area contributed by atoms with Crippen LogP contribution in [-0.2, 0) is 9.59 Å². The second-order valence-electron chi connectivity index (χ2n) is 4.09. The average molecular weight is 240 g/mol. The van der Waals surface area contributed by atoms with Gasteiger partial charge in [0.1, 0.15) is 12.0 Å². The van der Waals surface area contributed by atoms with Crippen molar-refractivity contribution in [2.45, 2.75) is 0 Å². The molecule has 1 aliphatic rings. The van der Waals surface area contributed by atoms with Gasteiger partial charge >= 0.3 is 5.97 Å². The molecule has 88 valence electrons. The number of Topliss-reactive ketones (excluding diaryl/α,β-unsaturated/α-hetero) is 1. The minimum atomic E-state index is -1.33. The third-order valence-corrected chi connectivity index (χ3v) is 3.00. The maximum atomic E-state index is 12.0. The standard InChI is InChI=1S/C14H8O4/c15-7-11-13(16)10-5-8-3-1-2-4-9(8)6-12(10)18-14(11)17/h1-7,11H. The van der Waals surface area contributed by atoms with Crippen molar-refractivity contribution in [2.24, 2.45) is 5.92 Å². The van der Waals surface area contributed by atoms with Gasteiger partial charge < -0.3 is 9.53 Å². The monoisotopic (exact) mass is 240 g/mol. The third-order valence-electron chi connectivity index (χ3n) is 3.00. The van der Waals surface area contributed by atoms with E-state index in [1.54, 1.807) is 12.1 Å². The number of carbonyl (C=O) groups excluding carboxylic acids is 3. The molecule has 2 aromatic carbocycles. The van der Waals surface area contributed by atoms with Crippen LogP contribution >= 0.6 is 0 Å². The lowest BCUT2D eigenvalue weighted by Gasteiger charge is -2.19. The van der Waals surface area contributed by atoms with Gasteiger partial charge in [0.25, 0.3) is 0 Å². The van der Waals surface area contributed by atoms with E-state index in [4.69, 9.17) is 4.74 Å². The zero-order valence-corrected chi connectivity index (χ0v) is 9.25. The zero-order chi connectivity index (χ0) is 12.7. The van der Waals surface area contributed by atoms with Crippen LogP contribution in [-0.4, -0.2) is 18.0 Å². The first-order chi connectivity index (χ1) is 8.70. The number of hydrogen-bond donors (Lipinski definition) is 0. The van der Waals surface area contributed by atoms with Crippen LogP contribution in [0.2, 0.25) is 0 Å². The van der Waals surface area contributed by atoms with Crippen LogP contribution < -0.4 is 4.74 Å². The molecule has 1 heterocycles. The van der Waals surface area contributed by atoms with Gasteiger partial charge in [0.2, 0.25) is 0 Å².